The van der Waals surface area contributed by atoms with Crippen LogP contribution in [0.3, 0.4) is 0 Å². The van der Waals surface area contributed by atoms with E-state index in [0.29, 0.717) is 6.54 Å². The van der Waals surface area contributed by atoms with E-state index in [-0.39, 0.29) is 18.5 Å². The highest BCUT2D eigenvalue weighted by atomic mass is 16.2. The monoisotopic (exact) mass is 253 g/mol. The number of carbonyl (C=O) groups excluding carboxylic acids is 1. The van der Waals surface area contributed by atoms with Crippen molar-refractivity contribution in [2.75, 3.05) is 6.54 Å². The summed E-state index contributed by atoms with van der Waals surface area (Å²) in [6.45, 7) is 8.02. The molecule has 1 amide bonds. The zero-order chi connectivity index (χ0) is 13.4. The third-order valence-electron chi connectivity index (χ3n) is 2.64. The maximum absolute atomic E-state index is 11.6. The first-order valence-corrected chi connectivity index (χ1v) is 6.54. The molecule has 102 valence electrons. The summed E-state index contributed by atoms with van der Waals surface area (Å²) in [6.07, 6.45) is 3.82. The van der Waals surface area contributed by atoms with E-state index in [1.807, 2.05) is 13.8 Å². The Morgan fingerprint density at radius 1 is 1.50 bits per heavy atom. The second-order valence-electron chi connectivity index (χ2n) is 4.46. The second kappa shape index (κ2) is 7.81. The quantitative estimate of drug-likeness (QED) is 0.669. The van der Waals surface area contributed by atoms with Gasteiger partial charge in [-0.2, -0.15) is 0 Å². The molecule has 0 aliphatic rings. The smallest absolute Gasteiger partial charge is 0.242 e. The predicted octanol–water partition coefficient (Wildman–Crippen LogP) is 0.692. The summed E-state index contributed by atoms with van der Waals surface area (Å²) in [7, 11) is 0. The fraction of sp³-hybridized carbons (Fsp3) is 0.750. The molecule has 0 saturated heterocycles. The summed E-state index contributed by atoms with van der Waals surface area (Å²) < 4.78 is 1.57. The molecule has 1 atom stereocenters. The summed E-state index contributed by atoms with van der Waals surface area (Å²) in [5.74, 6) is -0.0256. The molecule has 18 heavy (non-hydrogen) atoms. The molecule has 0 spiro atoms. The number of rotatable bonds is 8. The molecular formula is C12H23N5O. The Balaban J connectivity index is 2.36. The van der Waals surface area contributed by atoms with Gasteiger partial charge in [0.2, 0.25) is 5.91 Å². The van der Waals surface area contributed by atoms with Gasteiger partial charge in [-0.25, -0.2) is 4.68 Å². The Morgan fingerprint density at radius 3 is 2.94 bits per heavy atom. The average molecular weight is 253 g/mol. The van der Waals surface area contributed by atoms with Crippen molar-refractivity contribution in [2.45, 2.75) is 52.7 Å². The van der Waals surface area contributed by atoms with Crippen LogP contribution in [0.5, 0.6) is 0 Å². The van der Waals surface area contributed by atoms with Crippen molar-refractivity contribution in [1.82, 2.24) is 25.6 Å². The molecular weight excluding hydrogens is 230 g/mol. The van der Waals surface area contributed by atoms with E-state index < -0.39 is 0 Å². The molecule has 0 aliphatic carbocycles. The fourth-order valence-corrected chi connectivity index (χ4v) is 1.46. The zero-order valence-corrected chi connectivity index (χ0v) is 11.4. The van der Waals surface area contributed by atoms with Crippen molar-refractivity contribution in [3.05, 3.63) is 11.9 Å². The van der Waals surface area contributed by atoms with Crippen LogP contribution in [0, 0.1) is 0 Å². The summed E-state index contributed by atoms with van der Waals surface area (Å²) in [5, 5.41) is 14.1. The summed E-state index contributed by atoms with van der Waals surface area (Å²) in [5.41, 5.74) is 0.861. The molecule has 0 aromatic carbocycles. The maximum Gasteiger partial charge on any atom is 0.242 e. The highest BCUT2D eigenvalue weighted by molar-refractivity contribution is 5.75. The van der Waals surface area contributed by atoms with E-state index in [1.165, 1.54) is 0 Å². The van der Waals surface area contributed by atoms with Gasteiger partial charge < -0.3 is 10.6 Å². The second-order valence-corrected chi connectivity index (χ2v) is 4.46. The lowest BCUT2D eigenvalue weighted by Crippen LogP contribution is -2.34. The van der Waals surface area contributed by atoms with Crippen LogP contribution in [0.15, 0.2) is 6.20 Å². The normalized spacial score (nSPS) is 12.4. The van der Waals surface area contributed by atoms with Crippen molar-refractivity contribution in [1.29, 1.82) is 0 Å². The number of hydrogen-bond donors (Lipinski definition) is 2. The molecule has 0 radical (unpaired) electrons. The lowest BCUT2D eigenvalue weighted by Gasteiger charge is -2.10. The van der Waals surface area contributed by atoms with Crippen LogP contribution in [-0.4, -0.2) is 33.5 Å². The maximum atomic E-state index is 11.6. The van der Waals surface area contributed by atoms with E-state index in [2.05, 4.69) is 27.9 Å². The average Bonchev–Trinajstić information content (AvgIpc) is 2.76. The standard InChI is InChI=1S/C12H23N5O/c1-4-6-13-7-11-8-17(16-15-11)9-12(18)14-10(3)5-2/h8,10,13H,4-7,9H2,1-3H3,(H,14,18). The highest BCUT2D eigenvalue weighted by Gasteiger charge is 2.08. The lowest BCUT2D eigenvalue weighted by molar-refractivity contribution is -0.122. The predicted molar refractivity (Wildman–Crippen MR) is 69.9 cm³/mol. The number of nitrogens with zero attached hydrogens (tertiary/aromatic N) is 3. The van der Waals surface area contributed by atoms with Gasteiger partial charge in [-0.1, -0.05) is 19.1 Å². The van der Waals surface area contributed by atoms with Gasteiger partial charge in [0.25, 0.3) is 0 Å². The van der Waals surface area contributed by atoms with Gasteiger partial charge in [-0.3, -0.25) is 4.79 Å². The minimum Gasteiger partial charge on any atom is -0.352 e. The number of carbonyl (C=O) groups is 1. The van der Waals surface area contributed by atoms with E-state index in [9.17, 15) is 4.79 Å². The third-order valence-corrected chi connectivity index (χ3v) is 2.64. The Labute approximate surface area is 108 Å². The van der Waals surface area contributed by atoms with Gasteiger partial charge in [0, 0.05) is 12.6 Å². The van der Waals surface area contributed by atoms with Crippen LogP contribution >= 0.6 is 0 Å². The molecule has 1 unspecified atom stereocenters. The van der Waals surface area contributed by atoms with Crippen LogP contribution in [0.25, 0.3) is 0 Å². The van der Waals surface area contributed by atoms with E-state index in [0.717, 1.165) is 25.1 Å². The number of amides is 1. The molecule has 1 heterocycles. The van der Waals surface area contributed by atoms with Crippen LogP contribution in [0.4, 0.5) is 0 Å². The molecule has 2 N–H and O–H groups in total. The van der Waals surface area contributed by atoms with Crippen molar-refractivity contribution in [2.24, 2.45) is 0 Å². The van der Waals surface area contributed by atoms with Gasteiger partial charge in [0.05, 0.1) is 11.9 Å². The Hall–Kier alpha value is -1.43. The van der Waals surface area contributed by atoms with Crippen LogP contribution in [0.2, 0.25) is 0 Å². The first-order valence-electron chi connectivity index (χ1n) is 6.54. The van der Waals surface area contributed by atoms with Crippen molar-refractivity contribution >= 4 is 5.91 Å². The highest BCUT2D eigenvalue weighted by Crippen LogP contribution is 1.94. The number of nitrogens with one attached hydrogen (secondary N) is 2. The van der Waals surface area contributed by atoms with E-state index >= 15 is 0 Å². The molecule has 1 aromatic rings. The van der Waals surface area contributed by atoms with Gasteiger partial charge in [-0.15, -0.1) is 5.10 Å². The molecule has 0 bridgehead atoms. The Bertz CT molecular complexity index is 363. The van der Waals surface area contributed by atoms with Crippen LogP contribution in [-0.2, 0) is 17.9 Å². The molecule has 1 rings (SSSR count). The van der Waals surface area contributed by atoms with Gasteiger partial charge in [0.1, 0.15) is 6.54 Å². The van der Waals surface area contributed by atoms with Crippen molar-refractivity contribution < 1.29 is 4.79 Å². The number of aromatic nitrogens is 3. The van der Waals surface area contributed by atoms with E-state index in [4.69, 9.17) is 0 Å². The van der Waals surface area contributed by atoms with Crippen LogP contribution < -0.4 is 10.6 Å². The molecule has 6 nitrogen and oxygen atoms in total. The van der Waals surface area contributed by atoms with Gasteiger partial charge >= 0.3 is 0 Å². The lowest BCUT2D eigenvalue weighted by atomic mass is 10.2. The van der Waals surface area contributed by atoms with Gasteiger partial charge in [0.15, 0.2) is 0 Å². The van der Waals surface area contributed by atoms with Crippen molar-refractivity contribution in [3.63, 3.8) is 0 Å². The summed E-state index contributed by atoms with van der Waals surface area (Å²) in [4.78, 5) is 11.6. The molecule has 0 fully saturated rings. The number of hydrogen-bond acceptors (Lipinski definition) is 4. The molecule has 1 aromatic heterocycles. The van der Waals surface area contributed by atoms with Gasteiger partial charge in [-0.05, 0) is 26.3 Å². The topological polar surface area (TPSA) is 71.8 Å². The Morgan fingerprint density at radius 2 is 2.28 bits per heavy atom. The first kappa shape index (κ1) is 14.6. The minimum atomic E-state index is -0.0256. The minimum absolute atomic E-state index is 0.0256. The molecule has 6 heteroatoms. The molecule has 0 saturated carbocycles. The van der Waals surface area contributed by atoms with Crippen LogP contribution in [0.1, 0.15) is 39.3 Å². The third kappa shape index (κ3) is 5.27. The Kier molecular flexibility index (Phi) is 6.35. The first-order chi connectivity index (χ1) is 8.65. The zero-order valence-electron chi connectivity index (χ0n) is 11.4. The SMILES string of the molecule is CCCNCc1cn(CC(=O)NC(C)CC)nn1. The fourth-order valence-electron chi connectivity index (χ4n) is 1.46. The largest absolute Gasteiger partial charge is 0.352 e. The molecule has 0 aliphatic heterocycles. The van der Waals surface area contributed by atoms with Crippen molar-refractivity contribution in [3.8, 4) is 0 Å². The summed E-state index contributed by atoms with van der Waals surface area (Å²) >= 11 is 0. The van der Waals surface area contributed by atoms with E-state index in [1.54, 1.807) is 10.9 Å². The summed E-state index contributed by atoms with van der Waals surface area (Å²) in [6, 6.07) is 0.201.